The van der Waals surface area contributed by atoms with E-state index in [9.17, 15) is 4.79 Å². The van der Waals surface area contributed by atoms with Crippen molar-refractivity contribution in [2.45, 2.75) is 57.7 Å². The van der Waals surface area contributed by atoms with Crippen LogP contribution in [0.4, 0.5) is 0 Å². The maximum Gasteiger partial charge on any atom is 0.235 e. The van der Waals surface area contributed by atoms with E-state index in [0.29, 0.717) is 18.5 Å². The van der Waals surface area contributed by atoms with Gasteiger partial charge in [-0.1, -0.05) is 6.42 Å². The number of piperidine rings is 1. The van der Waals surface area contributed by atoms with Gasteiger partial charge in [0.25, 0.3) is 0 Å². The molecule has 3 unspecified atom stereocenters. The van der Waals surface area contributed by atoms with Gasteiger partial charge in [-0.2, -0.15) is 0 Å². The fourth-order valence-electron chi connectivity index (χ4n) is 3.43. The molecule has 104 valence electrons. The molecular formula is C13H26N4O. The summed E-state index contributed by atoms with van der Waals surface area (Å²) in [4.78, 5) is 16.5. The van der Waals surface area contributed by atoms with E-state index < -0.39 is 0 Å². The lowest BCUT2D eigenvalue weighted by atomic mass is 9.95. The van der Waals surface area contributed by atoms with Gasteiger partial charge in [0.1, 0.15) is 0 Å². The molecule has 0 bridgehead atoms. The van der Waals surface area contributed by atoms with Gasteiger partial charge in [0, 0.05) is 37.6 Å². The average Bonchev–Trinajstić information content (AvgIpc) is 2.37. The number of amides is 1. The molecule has 0 aromatic rings. The Hall–Kier alpha value is -0.650. The van der Waals surface area contributed by atoms with Crippen molar-refractivity contribution in [2.24, 2.45) is 5.84 Å². The highest BCUT2D eigenvalue weighted by Gasteiger charge is 2.35. The van der Waals surface area contributed by atoms with Crippen LogP contribution in [0.15, 0.2) is 0 Å². The molecule has 2 heterocycles. The minimum absolute atomic E-state index is 0.0687. The van der Waals surface area contributed by atoms with Crippen LogP contribution >= 0.6 is 0 Å². The SMILES string of the molecule is CC(CC(=O)NN)N1CC2CCCCN2CC1C. The van der Waals surface area contributed by atoms with Crippen LogP contribution in [-0.2, 0) is 4.79 Å². The maximum absolute atomic E-state index is 11.4. The van der Waals surface area contributed by atoms with Crippen molar-refractivity contribution in [3.05, 3.63) is 0 Å². The van der Waals surface area contributed by atoms with Crippen molar-refractivity contribution in [3.8, 4) is 0 Å². The van der Waals surface area contributed by atoms with E-state index in [1.165, 1.54) is 25.8 Å². The van der Waals surface area contributed by atoms with Gasteiger partial charge in [0.15, 0.2) is 0 Å². The molecule has 5 heteroatoms. The molecule has 0 radical (unpaired) electrons. The van der Waals surface area contributed by atoms with Gasteiger partial charge in [-0.3, -0.25) is 20.0 Å². The molecule has 2 aliphatic heterocycles. The summed E-state index contributed by atoms with van der Waals surface area (Å²) in [5, 5.41) is 0. The molecule has 2 aliphatic rings. The summed E-state index contributed by atoms with van der Waals surface area (Å²) in [5.74, 6) is 5.10. The fraction of sp³-hybridized carbons (Fsp3) is 0.923. The molecule has 3 N–H and O–H groups in total. The summed E-state index contributed by atoms with van der Waals surface area (Å²) in [6.07, 6.45) is 4.49. The first-order valence-electron chi connectivity index (χ1n) is 7.11. The predicted octanol–water partition coefficient (Wildman–Crippen LogP) is 0.314. The number of hydrogen-bond donors (Lipinski definition) is 2. The minimum atomic E-state index is -0.0687. The van der Waals surface area contributed by atoms with Crippen LogP contribution in [0.3, 0.4) is 0 Å². The van der Waals surface area contributed by atoms with E-state index in [2.05, 4.69) is 29.1 Å². The van der Waals surface area contributed by atoms with Crippen LogP contribution in [0.5, 0.6) is 0 Å². The zero-order chi connectivity index (χ0) is 13.1. The molecule has 3 atom stereocenters. The molecular weight excluding hydrogens is 228 g/mol. The summed E-state index contributed by atoms with van der Waals surface area (Å²) in [7, 11) is 0. The van der Waals surface area contributed by atoms with Gasteiger partial charge in [-0.05, 0) is 33.2 Å². The van der Waals surface area contributed by atoms with Gasteiger partial charge < -0.3 is 0 Å². The van der Waals surface area contributed by atoms with Crippen molar-refractivity contribution >= 4 is 5.91 Å². The molecule has 2 rings (SSSR count). The highest BCUT2D eigenvalue weighted by Crippen LogP contribution is 2.25. The van der Waals surface area contributed by atoms with Gasteiger partial charge in [-0.25, -0.2) is 5.84 Å². The minimum Gasteiger partial charge on any atom is -0.298 e. The molecule has 5 nitrogen and oxygen atoms in total. The number of hydrogen-bond acceptors (Lipinski definition) is 4. The van der Waals surface area contributed by atoms with Crippen molar-refractivity contribution < 1.29 is 4.79 Å². The molecule has 0 spiro atoms. The van der Waals surface area contributed by atoms with Crippen LogP contribution in [0.25, 0.3) is 0 Å². The number of piperazine rings is 1. The van der Waals surface area contributed by atoms with Gasteiger partial charge in [-0.15, -0.1) is 0 Å². The van der Waals surface area contributed by atoms with Crippen molar-refractivity contribution in [3.63, 3.8) is 0 Å². The Morgan fingerprint density at radius 2 is 2.22 bits per heavy atom. The van der Waals surface area contributed by atoms with Crippen molar-refractivity contribution in [1.82, 2.24) is 15.2 Å². The third-order valence-electron chi connectivity index (χ3n) is 4.44. The summed E-state index contributed by atoms with van der Waals surface area (Å²) < 4.78 is 0. The standard InChI is InChI=1S/C13H26N4O/c1-10(7-13(18)15-14)17-9-12-5-3-4-6-16(12)8-11(17)2/h10-12H,3-9,14H2,1-2H3,(H,15,18). The number of rotatable bonds is 3. The van der Waals surface area contributed by atoms with Crippen molar-refractivity contribution in [2.75, 3.05) is 19.6 Å². The monoisotopic (exact) mass is 254 g/mol. The second-order valence-electron chi connectivity index (χ2n) is 5.81. The van der Waals surface area contributed by atoms with Crippen LogP contribution in [-0.4, -0.2) is 53.5 Å². The van der Waals surface area contributed by atoms with Gasteiger partial charge in [0.2, 0.25) is 5.91 Å². The van der Waals surface area contributed by atoms with Crippen molar-refractivity contribution in [1.29, 1.82) is 0 Å². The molecule has 0 aliphatic carbocycles. The van der Waals surface area contributed by atoms with E-state index in [1.807, 2.05) is 0 Å². The number of carbonyl (C=O) groups excluding carboxylic acids is 1. The topological polar surface area (TPSA) is 61.6 Å². The van der Waals surface area contributed by atoms with Gasteiger partial charge in [0.05, 0.1) is 0 Å². The highest BCUT2D eigenvalue weighted by atomic mass is 16.2. The second kappa shape index (κ2) is 5.99. The first-order chi connectivity index (χ1) is 8.61. The normalized spacial score (nSPS) is 31.7. The first kappa shape index (κ1) is 13.8. The smallest absolute Gasteiger partial charge is 0.235 e. The lowest BCUT2D eigenvalue weighted by molar-refractivity contribution is -0.123. The molecule has 2 saturated heterocycles. The van der Waals surface area contributed by atoms with Crippen LogP contribution in [0, 0.1) is 0 Å². The van der Waals surface area contributed by atoms with Gasteiger partial charge >= 0.3 is 0 Å². The summed E-state index contributed by atoms with van der Waals surface area (Å²) >= 11 is 0. The average molecular weight is 254 g/mol. The molecule has 0 aromatic heterocycles. The summed E-state index contributed by atoms with van der Waals surface area (Å²) in [6.45, 7) is 7.88. The number of nitrogens with two attached hydrogens (primary N) is 1. The molecule has 18 heavy (non-hydrogen) atoms. The fourth-order valence-corrected chi connectivity index (χ4v) is 3.43. The Kier molecular flexibility index (Phi) is 4.59. The Balaban J connectivity index is 1.93. The van der Waals surface area contributed by atoms with E-state index in [1.54, 1.807) is 0 Å². The van der Waals surface area contributed by atoms with E-state index in [-0.39, 0.29) is 11.9 Å². The van der Waals surface area contributed by atoms with E-state index in [4.69, 9.17) is 5.84 Å². The Morgan fingerprint density at radius 1 is 1.44 bits per heavy atom. The Bertz CT molecular complexity index is 297. The largest absolute Gasteiger partial charge is 0.298 e. The maximum atomic E-state index is 11.4. The third-order valence-corrected chi connectivity index (χ3v) is 4.44. The molecule has 2 fully saturated rings. The predicted molar refractivity (Wildman–Crippen MR) is 71.8 cm³/mol. The number of fused-ring (bicyclic) bond motifs is 1. The number of carbonyl (C=O) groups is 1. The van der Waals surface area contributed by atoms with E-state index in [0.717, 1.165) is 13.1 Å². The summed E-state index contributed by atoms with van der Waals surface area (Å²) in [6, 6.07) is 1.49. The molecule has 1 amide bonds. The molecule has 0 aromatic carbocycles. The number of nitrogens with one attached hydrogen (secondary N) is 1. The first-order valence-corrected chi connectivity index (χ1v) is 7.11. The van der Waals surface area contributed by atoms with Crippen LogP contribution < -0.4 is 11.3 Å². The number of hydrazine groups is 1. The molecule has 0 saturated carbocycles. The second-order valence-corrected chi connectivity index (χ2v) is 5.81. The quantitative estimate of drug-likeness (QED) is 0.432. The zero-order valence-electron chi connectivity index (χ0n) is 11.6. The van der Waals surface area contributed by atoms with E-state index >= 15 is 0 Å². The summed E-state index contributed by atoms with van der Waals surface area (Å²) in [5.41, 5.74) is 2.23. The Morgan fingerprint density at radius 3 is 2.94 bits per heavy atom. The number of nitrogens with zero attached hydrogens (tertiary/aromatic N) is 2. The lowest BCUT2D eigenvalue weighted by Gasteiger charge is -2.49. The highest BCUT2D eigenvalue weighted by molar-refractivity contribution is 5.75. The lowest BCUT2D eigenvalue weighted by Crippen LogP contribution is -2.61. The zero-order valence-corrected chi connectivity index (χ0v) is 11.6. The Labute approximate surface area is 110 Å². The third kappa shape index (κ3) is 3.02. The van der Waals surface area contributed by atoms with Crippen LogP contribution in [0.1, 0.15) is 39.5 Å². The van der Waals surface area contributed by atoms with Crippen LogP contribution in [0.2, 0.25) is 0 Å².